The fraction of sp³-hybridized carbons (Fsp3) is 0.583. The molecule has 3 fully saturated rings. The second kappa shape index (κ2) is 4.22. The number of aromatic nitrogens is 1. The molecule has 3 aliphatic heterocycles. The quantitative estimate of drug-likeness (QED) is 0.855. The van der Waals surface area contributed by atoms with Gasteiger partial charge in [-0.3, -0.25) is 4.98 Å². The van der Waals surface area contributed by atoms with E-state index in [-0.39, 0.29) is 0 Å². The van der Waals surface area contributed by atoms with Gasteiger partial charge in [-0.05, 0) is 37.9 Å². The zero-order chi connectivity index (χ0) is 11.0. The van der Waals surface area contributed by atoms with Crippen molar-refractivity contribution in [2.24, 2.45) is 5.92 Å². The number of rotatable bonds is 2. The highest BCUT2D eigenvalue weighted by Gasteiger charge is 2.34. The van der Waals surface area contributed by atoms with Crippen LogP contribution >= 0.6 is 11.6 Å². The lowest BCUT2D eigenvalue weighted by Gasteiger charge is -2.45. The van der Waals surface area contributed by atoms with Crippen LogP contribution in [0.4, 0.5) is 5.69 Å². The molecule has 4 heterocycles. The maximum absolute atomic E-state index is 6.13. The van der Waals surface area contributed by atoms with E-state index < -0.39 is 0 Å². The van der Waals surface area contributed by atoms with Gasteiger partial charge in [0, 0.05) is 18.8 Å². The summed E-state index contributed by atoms with van der Waals surface area (Å²) < 4.78 is 0. The van der Waals surface area contributed by atoms with Crippen molar-refractivity contribution in [3.8, 4) is 0 Å². The molecule has 16 heavy (non-hydrogen) atoms. The Morgan fingerprint density at radius 3 is 2.81 bits per heavy atom. The molecule has 0 saturated carbocycles. The number of pyridine rings is 1. The minimum Gasteiger partial charge on any atom is -0.378 e. The molecule has 1 atom stereocenters. The molecular formula is C12H16ClN3. The lowest BCUT2D eigenvalue weighted by Crippen LogP contribution is -2.53. The summed E-state index contributed by atoms with van der Waals surface area (Å²) >= 11 is 6.13. The van der Waals surface area contributed by atoms with E-state index in [1.807, 2.05) is 12.3 Å². The van der Waals surface area contributed by atoms with Crippen molar-refractivity contribution in [2.75, 3.05) is 25.0 Å². The van der Waals surface area contributed by atoms with Crippen LogP contribution in [0.5, 0.6) is 0 Å². The van der Waals surface area contributed by atoms with Gasteiger partial charge < -0.3 is 10.2 Å². The molecular weight excluding hydrogens is 222 g/mol. The second-order valence-corrected chi connectivity index (χ2v) is 5.15. The molecule has 4 heteroatoms. The average Bonchev–Trinajstić information content (AvgIpc) is 2.34. The molecule has 1 aromatic heterocycles. The molecule has 3 saturated heterocycles. The standard InChI is InChI=1S/C12H16ClN3/c13-10-1-4-14-7-11(10)15-12-8-16-5-2-9(12)3-6-16/h1,4,7,9,12,15H,2-3,5-6,8H2. The van der Waals surface area contributed by atoms with Gasteiger partial charge in [0.2, 0.25) is 0 Å². The molecule has 0 radical (unpaired) electrons. The van der Waals surface area contributed by atoms with Gasteiger partial charge in [0.05, 0.1) is 16.9 Å². The molecule has 1 aromatic rings. The molecule has 3 aliphatic rings. The Kier molecular flexibility index (Phi) is 2.74. The molecule has 1 unspecified atom stereocenters. The van der Waals surface area contributed by atoms with E-state index in [1.165, 1.54) is 25.9 Å². The Hall–Kier alpha value is -0.800. The van der Waals surface area contributed by atoms with E-state index in [9.17, 15) is 0 Å². The van der Waals surface area contributed by atoms with Gasteiger partial charge in [0.1, 0.15) is 0 Å². The maximum atomic E-state index is 6.13. The normalized spacial score (nSPS) is 32.7. The summed E-state index contributed by atoms with van der Waals surface area (Å²) in [5.74, 6) is 0.807. The number of hydrogen-bond acceptors (Lipinski definition) is 3. The molecule has 86 valence electrons. The van der Waals surface area contributed by atoms with Crippen LogP contribution < -0.4 is 5.32 Å². The lowest BCUT2D eigenvalue weighted by atomic mass is 9.84. The Morgan fingerprint density at radius 2 is 2.19 bits per heavy atom. The predicted octanol–water partition coefficient (Wildman–Crippen LogP) is 2.24. The zero-order valence-corrected chi connectivity index (χ0v) is 9.95. The van der Waals surface area contributed by atoms with Gasteiger partial charge in [-0.25, -0.2) is 0 Å². The highest BCUT2D eigenvalue weighted by atomic mass is 35.5. The average molecular weight is 238 g/mol. The highest BCUT2D eigenvalue weighted by Crippen LogP contribution is 2.31. The zero-order valence-electron chi connectivity index (χ0n) is 9.19. The molecule has 3 nitrogen and oxygen atoms in total. The van der Waals surface area contributed by atoms with Crippen LogP contribution in [0.15, 0.2) is 18.5 Å². The first-order chi connectivity index (χ1) is 7.83. The fourth-order valence-corrected chi connectivity index (χ4v) is 2.97. The summed E-state index contributed by atoms with van der Waals surface area (Å²) in [6, 6.07) is 2.38. The van der Waals surface area contributed by atoms with Gasteiger partial charge in [-0.2, -0.15) is 0 Å². The van der Waals surface area contributed by atoms with Crippen molar-refractivity contribution in [1.29, 1.82) is 0 Å². The Morgan fingerprint density at radius 1 is 1.38 bits per heavy atom. The van der Waals surface area contributed by atoms with E-state index in [4.69, 9.17) is 11.6 Å². The summed E-state index contributed by atoms with van der Waals surface area (Å²) in [4.78, 5) is 6.64. The van der Waals surface area contributed by atoms with Crippen molar-refractivity contribution in [3.05, 3.63) is 23.5 Å². The van der Waals surface area contributed by atoms with Crippen LogP contribution in [0.1, 0.15) is 12.8 Å². The van der Waals surface area contributed by atoms with Crippen molar-refractivity contribution < 1.29 is 0 Å². The van der Waals surface area contributed by atoms with E-state index in [2.05, 4.69) is 15.2 Å². The van der Waals surface area contributed by atoms with Crippen LogP contribution in [0.3, 0.4) is 0 Å². The topological polar surface area (TPSA) is 28.2 Å². The van der Waals surface area contributed by atoms with E-state index in [0.29, 0.717) is 6.04 Å². The van der Waals surface area contributed by atoms with Crippen LogP contribution in [-0.2, 0) is 0 Å². The van der Waals surface area contributed by atoms with Gasteiger partial charge in [0.15, 0.2) is 0 Å². The number of anilines is 1. The van der Waals surface area contributed by atoms with E-state index in [0.717, 1.165) is 23.2 Å². The SMILES string of the molecule is Clc1ccncc1NC1CN2CCC1CC2. The molecule has 0 aliphatic carbocycles. The molecule has 2 bridgehead atoms. The predicted molar refractivity (Wildman–Crippen MR) is 65.8 cm³/mol. The van der Waals surface area contributed by atoms with Crippen LogP contribution in [-0.4, -0.2) is 35.6 Å². The minimum atomic E-state index is 0.546. The lowest BCUT2D eigenvalue weighted by molar-refractivity contribution is 0.0975. The van der Waals surface area contributed by atoms with Crippen LogP contribution in [0.25, 0.3) is 0 Å². The van der Waals surface area contributed by atoms with Crippen molar-refractivity contribution in [1.82, 2.24) is 9.88 Å². The largest absolute Gasteiger partial charge is 0.378 e. The maximum Gasteiger partial charge on any atom is 0.0718 e. The Bertz CT molecular complexity index is 374. The summed E-state index contributed by atoms with van der Waals surface area (Å²) in [5.41, 5.74) is 0.975. The Balaban J connectivity index is 1.73. The number of halogens is 1. The van der Waals surface area contributed by atoms with Crippen molar-refractivity contribution >= 4 is 17.3 Å². The van der Waals surface area contributed by atoms with Gasteiger partial charge in [0.25, 0.3) is 0 Å². The third-order valence-corrected chi connectivity index (χ3v) is 4.09. The number of nitrogens with one attached hydrogen (secondary N) is 1. The highest BCUT2D eigenvalue weighted by molar-refractivity contribution is 6.33. The monoisotopic (exact) mass is 237 g/mol. The molecule has 1 N–H and O–H groups in total. The first-order valence-corrected chi connectivity index (χ1v) is 6.29. The number of hydrogen-bond donors (Lipinski definition) is 1. The summed E-state index contributed by atoms with van der Waals surface area (Å²) in [6.07, 6.45) is 6.18. The molecule has 0 spiro atoms. The van der Waals surface area contributed by atoms with Crippen molar-refractivity contribution in [3.63, 3.8) is 0 Å². The molecule has 0 amide bonds. The van der Waals surface area contributed by atoms with Gasteiger partial charge >= 0.3 is 0 Å². The van der Waals surface area contributed by atoms with Crippen LogP contribution in [0.2, 0.25) is 5.02 Å². The first-order valence-electron chi connectivity index (χ1n) is 5.91. The number of piperidine rings is 3. The summed E-state index contributed by atoms with van der Waals surface area (Å²) in [5, 5.41) is 4.31. The van der Waals surface area contributed by atoms with Crippen molar-refractivity contribution in [2.45, 2.75) is 18.9 Å². The minimum absolute atomic E-state index is 0.546. The van der Waals surface area contributed by atoms with Crippen LogP contribution in [0, 0.1) is 5.92 Å². The summed E-state index contributed by atoms with van der Waals surface area (Å²) in [6.45, 7) is 3.68. The summed E-state index contributed by atoms with van der Waals surface area (Å²) in [7, 11) is 0. The third-order valence-electron chi connectivity index (χ3n) is 3.76. The van der Waals surface area contributed by atoms with E-state index in [1.54, 1.807) is 6.20 Å². The second-order valence-electron chi connectivity index (χ2n) is 4.74. The molecule has 0 aromatic carbocycles. The molecule has 4 rings (SSSR count). The number of fused-ring (bicyclic) bond motifs is 3. The number of nitrogens with zero attached hydrogens (tertiary/aromatic N) is 2. The smallest absolute Gasteiger partial charge is 0.0718 e. The first kappa shape index (κ1) is 10.4. The van der Waals surface area contributed by atoms with E-state index >= 15 is 0 Å². The third kappa shape index (κ3) is 1.89. The Labute approximate surface area is 101 Å². The fourth-order valence-electron chi connectivity index (χ4n) is 2.81. The van der Waals surface area contributed by atoms with Gasteiger partial charge in [-0.1, -0.05) is 11.6 Å². The van der Waals surface area contributed by atoms with Gasteiger partial charge in [-0.15, -0.1) is 0 Å².